The fraction of sp³-hybridized carbons (Fsp3) is 0.333. The van der Waals surface area contributed by atoms with Crippen molar-refractivity contribution in [3.8, 4) is 0 Å². The average Bonchev–Trinajstić information content (AvgIpc) is 2.17. The summed E-state index contributed by atoms with van der Waals surface area (Å²) in [5.41, 5.74) is 0.359. The Labute approximate surface area is 82.1 Å². The molecule has 78 valence electrons. The van der Waals surface area contributed by atoms with Gasteiger partial charge >= 0.3 is 0 Å². The van der Waals surface area contributed by atoms with E-state index in [1.54, 1.807) is 0 Å². The van der Waals surface area contributed by atoms with E-state index in [0.717, 1.165) is 6.07 Å². The van der Waals surface area contributed by atoms with Gasteiger partial charge in [0.2, 0.25) is 0 Å². The molecule has 0 amide bonds. The van der Waals surface area contributed by atoms with Crippen molar-refractivity contribution in [2.45, 2.75) is 18.4 Å². The zero-order chi connectivity index (χ0) is 10.8. The second-order valence-corrected chi connectivity index (χ2v) is 5.07. The highest BCUT2D eigenvalue weighted by Gasteiger charge is 2.16. The lowest BCUT2D eigenvalue weighted by atomic mass is 10.2. The molecule has 1 rings (SSSR count). The smallest absolute Gasteiger partial charge is 0.180 e. The van der Waals surface area contributed by atoms with Crippen molar-refractivity contribution in [1.29, 1.82) is 0 Å². The molecular weight excluding hydrogens is 207 g/mol. The van der Waals surface area contributed by atoms with Gasteiger partial charge in [-0.25, -0.2) is 12.8 Å². The van der Waals surface area contributed by atoms with E-state index in [4.69, 9.17) is 5.11 Å². The summed E-state index contributed by atoms with van der Waals surface area (Å²) >= 11 is 0. The van der Waals surface area contributed by atoms with E-state index in [9.17, 15) is 12.8 Å². The molecule has 3 nitrogen and oxygen atoms in total. The van der Waals surface area contributed by atoms with Gasteiger partial charge in [-0.1, -0.05) is 13.0 Å². The fourth-order valence-electron chi connectivity index (χ4n) is 1.05. The van der Waals surface area contributed by atoms with E-state index in [2.05, 4.69) is 0 Å². The average molecular weight is 218 g/mol. The molecule has 1 aromatic carbocycles. The van der Waals surface area contributed by atoms with Crippen LogP contribution < -0.4 is 0 Å². The number of hydrogen-bond acceptors (Lipinski definition) is 3. The highest BCUT2D eigenvalue weighted by atomic mass is 32.2. The van der Waals surface area contributed by atoms with Gasteiger partial charge in [0.25, 0.3) is 0 Å². The lowest BCUT2D eigenvalue weighted by Gasteiger charge is -2.04. The van der Waals surface area contributed by atoms with Gasteiger partial charge < -0.3 is 5.11 Å². The molecular formula is C9H11FO3S. The van der Waals surface area contributed by atoms with Crippen LogP contribution in [-0.4, -0.2) is 19.3 Å². The summed E-state index contributed by atoms with van der Waals surface area (Å²) in [7, 11) is -3.51. The van der Waals surface area contributed by atoms with Gasteiger partial charge in [0.15, 0.2) is 9.84 Å². The maximum absolute atomic E-state index is 13.2. The van der Waals surface area contributed by atoms with Crippen molar-refractivity contribution in [2.24, 2.45) is 0 Å². The minimum Gasteiger partial charge on any atom is -0.392 e. The van der Waals surface area contributed by atoms with Crippen LogP contribution >= 0.6 is 0 Å². The van der Waals surface area contributed by atoms with Crippen LogP contribution in [0.2, 0.25) is 0 Å². The Hall–Kier alpha value is -0.940. The molecule has 0 atom stereocenters. The second kappa shape index (κ2) is 4.06. The second-order valence-electron chi connectivity index (χ2n) is 2.83. The SMILES string of the molecule is CCS(=O)(=O)c1ccc(CO)cc1F. The van der Waals surface area contributed by atoms with Gasteiger partial charge in [0.1, 0.15) is 10.7 Å². The molecule has 1 aromatic rings. The molecule has 0 radical (unpaired) electrons. The standard InChI is InChI=1S/C9H11FO3S/c1-2-14(12,13)9-4-3-7(6-11)5-8(9)10/h3-5,11H,2,6H2,1H3. The molecule has 0 aliphatic carbocycles. The summed E-state index contributed by atoms with van der Waals surface area (Å²) in [6.45, 7) is 1.15. The molecule has 0 aromatic heterocycles. The van der Waals surface area contributed by atoms with Gasteiger partial charge in [-0.15, -0.1) is 0 Å². The topological polar surface area (TPSA) is 54.4 Å². The minimum absolute atomic E-state index is 0.137. The van der Waals surface area contributed by atoms with Crippen molar-refractivity contribution >= 4 is 9.84 Å². The Balaban J connectivity index is 3.26. The predicted molar refractivity (Wildman–Crippen MR) is 50.0 cm³/mol. The number of aliphatic hydroxyl groups is 1. The van der Waals surface area contributed by atoms with Crippen LogP contribution in [0, 0.1) is 5.82 Å². The summed E-state index contributed by atoms with van der Waals surface area (Å²) < 4.78 is 35.9. The monoisotopic (exact) mass is 218 g/mol. The maximum Gasteiger partial charge on any atom is 0.180 e. The minimum atomic E-state index is -3.51. The van der Waals surface area contributed by atoms with Gasteiger partial charge in [-0.2, -0.15) is 0 Å². The number of halogens is 1. The Morgan fingerprint density at radius 1 is 1.43 bits per heavy atom. The summed E-state index contributed by atoms with van der Waals surface area (Å²) in [6.07, 6.45) is 0. The van der Waals surface area contributed by atoms with Crippen molar-refractivity contribution < 1.29 is 17.9 Å². The van der Waals surface area contributed by atoms with Crippen molar-refractivity contribution in [1.82, 2.24) is 0 Å². The quantitative estimate of drug-likeness (QED) is 0.826. The third kappa shape index (κ3) is 2.10. The molecule has 0 unspecified atom stereocenters. The van der Waals surface area contributed by atoms with E-state index in [1.165, 1.54) is 19.1 Å². The van der Waals surface area contributed by atoms with Crippen LogP contribution in [0.25, 0.3) is 0 Å². The fourth-order valence-corrected chi connectivity index (χ4v) is 1.99. The Kier molecular flexibility index (Phi) is 3.23. The summed E-state index contributed by atoms with van der Waals surface area (Å²) in [4.78, 5) is -0.308. The first kappa shape index (κ1) is 11.1. The normalized spacial score (nSPS) is 11.6. The van der Waals surface area contributed by atoms with Gasteiger partial charge in [-0.3, -0.25) is 0 Å². The summed E-state index contributed by atoms with van der Waals surface area (Å²) in [6, 6.07) is 3.61. The number of sulfone groups is 1. The highest BCUT2D eigenvalue weighted by molar-refractivity contribution is 7.91. The Morgan fingerprint density at radius 3 is 2.50 bits per heavy atom. The van der Waals surface area contributed by atoms with Crippen molar-refractivity contribution in [3.63, 3.8) is 0 Å². The summed E-state index contributed by atoms with van der Waals surface area (Å²) in [5.74, 6) is -0.944. The van der Waals surface area contributed by atoms with Gasteiger partial charge in [0.05, 0.1) is 12.4 Å². The molecule has 0 fully saturated rings. The Bertz CT molecular complexity index is 426. The molecule has 0 saturated carbocycles. The molecule has 0 spiro atoms. The van der Waals surface area contributed by atoms with Gasteiger partial charge in [0, 0.05) is 0 Å². The van der Waals surface area contributed by atoms with Crippen LogP contribution in [0.4, 0.5) is 4.39 Å². The van der Waals surface area contributed by atoms with E-state index in [-0.39, 0.29) is 17.3 Å². The Morgan fingerprint density at radius 2 is 2.07 bits per heavy atom. The van der Waals surface area contributed by atoms with Crippen LogP contribution in [0.3, 0.4) is 0 Å². The first-order valence-electron chi connectivity index (χ1n) is 4.13. The highest BCUT2D eigenvalue weighted by Crippen LogP contribution is 2.17. The van der Waals surface area contributed by atoms with Crippen LogP contribution in [0.5, 0.6) is 0 Å². The molecule has 0 heterocycles. The lowest BCUT2D eigenvalue weighted by molar-refractivity contribution is 0.281. The maximum atomic E-state index is 13.2. The van der Waals surface area contributed by atoms with E-state index in [1.807, 2.05) is 0 Å². The molecule has 0 saturated heterocycles. The van der Waals surface area contributed by atoms with Crippen LogP contribution in [0.1, 0.15) is 12.5 Å². The number of hydrogen-bond donors (Lipinski definition) is 1. The molecule has 1 N–H and O–H groups in total. The lowest BCUT2D eigenvalue weighted by Crippen LogP contribution is -2.06. The third-order valence-electron chi connectivity index (χ3n) is 1.89. The molecule has 5 heteroatoms. The zero-order valence-electron chi connectivity index (χ0n) is 7.70. The van der Waals surface area contributed by atoms with E-state index < -0.39 is 15.7 Å². The van der Waals surface area contributed by atoms with E-state index in [0.29, 0.717) is 5.56 Å². The van der Waals surface area contributed by atoms with Gasteiger partial charge in [-0.05, 0) is 17.7 Å². The number of benzene rings is 1. The largest absolute Gasteiger partial charge is 0.392 e. The van der Waals surface area contributed by atoms with Crippen LogP contribution in [-0.2, 0) is 16.4 Å². The van der Waals surface area contributed by atoms with Crippen molar-refractivity contribution in [3.05, 3.63) is 29.6 Å². The third-order valence-corrected chi connectivity index (χ3v) is 3.66. The molecule has 0 aliphatic heterocycles. The number of rotatable bonds is 3. The predicted octanol–water partition coefficient (Wildman–Crippen LogP) is 1.11. The zero-order valence-corrected chi connectivity index (χ0v) is 8.51. The van der Waals surface area contributed by atoms with Crippen LogP contribution in [0.15, 0.2) is 23.1 Å². The molecule has 0 aliphatic rings. The number of aliphatic hydroxyl groups excluding tert-OH is 1. The van der Waals surface area contributed by atoms with E-state index >= 15 is 0 Å². The molecule has 0 bridgehead atoms. The van der Waals surface area contributed by atoms with Crippen molar-refractivity contribution in [2.75, 3.05) is 5.75 Å². The first-order chi connectivity index (χ1) is 6.51. The summed E-state index contributed by atoms with van der Waals surface area (Å²) in [5, 5.41) is 8.70. The first-order valence-corrected chi connectivity index (χ1v) is 5.78. The molecule has 14 heavy (non-hydrogen) atoms.